The van der Waals surface area contributed by atoms with E-state index < -0.39 is 0 Å². The van der Waals surface area contributed by atoms with Gasteiger partial charge in [0.1, 0.15) is 18.4 Å². The Bertz CT molecular complexity index is 589. The van der Waals surface area contributed by atoms with E-state index in [-0.39, 0.29) is 6.10 Å². The van der Waals surface area contributed by atoms with Gasteiger partial charge in [0.05, 0.1) is 7.11 Å². The van der Waals surface area contributed by atoms with Gasteiger partial charge in [-0.1, -0.05) is 12.1 Å². The van der Waals surface area contributed by atoms with Crippen molar-refractivity contribution in [1.82, 2.24) is 9.97 Å². The molecule has 2 heterocycles. The molecule has 3 rings (SSSR count). The molecule has 20 heavy (non-hydrogen) atoms. The van der Waals surface area contributed by atoms with Crippen LogP contribution in [0.25, 0.3) is 0 Å². The molecule has 2 aromatic rings. The molecule has 0 aliphatic carbocycles. The summed E-state index contributed by atoms with van der Waals surface area (Å²) in [6.07, 6.45) is 4.87. The Kier molecular flexibility index (Phi) is 3.67. The van der Waals surface area contributed by atoms with Crippen LogP contribution in [0.1, 0.15) is 12.1 Å². The molecule has 1 unspecified atom stereocenters. The van der Waals surface area contributed by atoms with Gasteiger partial charge in [0.25, 0.3) is 0 Å². The largest absolute Gasteiger partial charge is 0.486 e. The van der Waals surface area contributed by atoms with Crippen LogP contribution in [0.5, 0.6) is 17.4 Å². The van der Waals surface area contributed by atoms with E-state index >= 15 is 0 Å². The van der Waals surface area contributed by atoms with Crippen molar-refractivity contribution in [3.8, 4) is 17.4 Å². The molecule has 5 heteroatoms. The van der Waals surface area contributed by atoms with E-state index in [0.29, 0.717) is 12.5 Å². The standard InChI is InChI=1S/C15H16N2O3/c1-18-15-12(16-8-9-17-15)7-6-11-10-19-13-4-2-3-5-14(13)20-11/h2-5,8-9,11H,6-7,10H2,1H3. The zero-order valence-corrected chi connectivity index (χ0v) is 11.3. The molecule has 1 aliphatic heterocycles. The Labute approximate surface area is 117 Å². The summed E-state index contributed by atoms with van der Waals surface area (Å²) < 4.78 is 16.8. The summed E-state index contributed by atoms with van der Waals surface area (Å²) in [4.78, 5) is 8.43. The van der Waals surface area contributed by atoms with Crippen molar-refractivity contribution in [2.45, 2.75) is 18.9 Å². The van der Waals surface area contributed by atoms with E-state index in [0.717, 1.165) is 30.0 Å². The van der Waals surface area contributed by atoms with Gasteiger partial charge < -0.3 is 14.2 Å². The summed E-state index contributed by atoms with van der Waals surface area (Å²) in [6.45, 7) is 0.555. The number of fused-ring (bicyclic) bond motifs is 1. The number of para-hydroxylation sites is 2. The van der Waals surface area contributed by atoms with E-state index in [1.165, 1.54) is 0 Å². The van der Waals surface area contributed by atoms with Crippen LogP contribution in [0.15, 0.2) is 36.7 Å². The van der Waals surface area contributed by atoms with Crippen molar-refractivity contribution in [2.75, 3.05) is 13.7 Å². The van der Waals surface area contributed by atoms with Crippen molar-refractivity contribution in [1.29, 1.82) is 0 Å². The van der Waals surface area contributed by atoms with E-state index in [2.05, 4.69) is 9.97 Å². The quantitative estimate of drug-likeness (QED) is 0.854. The Morgan fingerprint density at radius 2 is 2.00 bits per heavy atom. The Morgan fingerprint density at radius 1 is 1.20 bits per heavy atom. The van der Waals surface area contributed by atoms with Crippen molar-refractivity contribution >= 4 is 0 Å². The highest BCUT2D eigenvalue weighted by Crippen LogP contribution is 2.32. The van der Waals surface area contributed by atoms with Gasteiger partial charge in [-0.05, 0) is 25.0 Å². The predicted octanol–water partition coefficient (Wildman–Crippen LogP) is 2.26. The second-order valence-corrected chi connectivity index (χ2v) is 4.55. The monoisotopic (exact) mass is 272 g/mol. The summed E-state index contributed by atoms with van der Waals surface area (Å²) in [7, 11) is 1.60. The average molecular weight is 272 g/mol. The molecule has 0 N–H and O–H groups in total. The molecule has 104 valence electrons. The van der Waals surface area contributed by atoms with Crippen LogP contribution in [0.4, 0.5) is 0 Å². The van der Waals surface area contributed by atoms with Gasteiger partial charge in [0.15, 0.2) is 11.5 Å². The number of rotatable bonds is 4. The fourth-order valence-electron chi connectivity index (χ4n) is 2.20. The minimum absolute atomic E-state index is 0.0246. The van der Waals surface area contributed by atoms with Gasteiger partial charge in [-0.3, -0.25) is 4.98 Å². The van der Waals surface area contributed by atoms with Gasteiger partial charge in [-0.15, -0.1) is 0 Å². The first-order valence-electron chi connectivity index (χ1n) is 6.59. The van der Waals surface area contributed by atoms with Crippen LogP contribution >= 0.6 is 0 Å². The number of hydrogen-bond donors (Lipinski definition) is 0. The van der Waals surface area contributed by atoms with E-state index in [9.17, 15) is 0 Å². The van der Waals surface area contributed by atoms with Gasteiger partial charge in [0.2, 0.25) is 5.88 Å². The topological polar surface area (TPSA) is 53.5 Å². The molecular weight excluding hydrogens is 256 g/mol. The highest BCUT2D eigenvalue weighted by molar-refractivity contribution is 5.40. The molecule has 5 nitrogen and oxygen atoms in total. The van der Waals surface area contributed by atoms with Crippen LogP contribution in [-0.4, -0.2) is 29.8 Å². The molecule has 0 amide bonds. The number of benzene rings is 1. The Morgan fingerprint density at radius 3 is 2.85 bits per heavy atom. The normalized spacial score (nSPS) is 16.8. The molecular formula is C15H16N2O3. The zero-order chi connectivity index (χ0) is 13.8. The summed E-state index contributed by atoms with van der Waals surface area (Å²) in [6, 6.07) is 7.71. The lowest BCUT2D eigenvalue weighted by Crippen LogP contribution is -2.29. The molecule has 1 atom stereocenters. The summed E-state index contributed by atoms with van der Waals surface area (Å²) in [5.41, 5.74) is 0.845. The SMILES string of the molecule is COc1nccnc1CCC1COc2ccccc2O1. The van der Waals surface area contributed by atoms with Crippen LogP contribution in [0, 0.1) is 0 Å². The molecule has 0 radical (unpaired) electrons. The van der Waals surface area contributed by atoms with E-state index in [1.807, 2.05) is 24.3 Å². The second-order valence-electron chi connectivity index (χ2n) is 4.55. The first kappa shape index (κ1) is 12.7. The maximum atomic E-state index is 5.91. The minimum Gasteiger partial charge on any atom is -0.486 e. The number of nitrogens with zero attached hydrogens (tertiary/aromatic N) is 2. The summed E-state index contributed by atoms with van der Waals surface area (Å²) in [5, 5.41) is 0. The average Bonchev–Trinajstić information content (AvgIpc) is 2.53. The number of hydrogen-bond acceptors (Lipinski definition) is 5. The molecule has 0 spiro atoms. The smallest absolute Gasteiger partial charge is 0.235 e. The lowest BCUT2D eigenvalue weighted by molar-refractivity contribution is 0.0848. The number of ether oxygens (including phenoxy) is 3. The Balaban J connectivity index is 1.63. The van der Waals surface area contributed by atoms with Crippen LogP contribution in [0.3, 0.4) is 0 Å². The first-order chi connectivity index (χ1) is 9.86. The van der Waals surface area contributed by atoms with Gasteiger partial charge in [0, 0.05) is 12.4 Å². The van der Waals surface area contributed by atoms with Crippen molar-refractivity contribution in [2.24, 2.45) is 0 Å². The molecule has 0 bridgehead atoms. The molecule has 1 aromatic heterocycles. The lowest BCUT2D eigenvalue weighted by Gasteiger charge is -2.26. The van der Waals surface area contributed by atoms with Gasteiger partial charge in [-0.2, -0.15) is 0 Å². The Hall–Kier alpha value is -2.30. The minimum atomic E-state index is 0.0246. The number of aryl methyl sites for hydroxylation is 1. The third kappa shape index (κ3) is 2.66. The predicted molar refractivity (Wildman–Crippen MR) is 73.3 cm³/mol. The number of aromatic nitrogens is 2. The zero-order valence-electron chi connectivity index (χ0n) is 11.3. The van der Waals surface area contributed by atoms with E-state index in [4.69, 9.17) is 14.2 Å². The molecule has 1 aromatic carbocycles. The third-order valence-electron chi connectivity index (χ3n) is 3.20. The van der Waals surface area contributed by atoms with Gasteiger partial charge >= 0.3 is 0 Å². The maximum Gasteiger partial charge on any atom is 0.235 e. The molecule has 0 saturated heterocycles. The van der Waals surface area contributed by atoms with Crippen molar-refractivity contribution < 1.29 is 14.2 Å². The second kappa shape index (κ2) is 5.77. The van der Waals surface area contributed by atoms with Crippen LogP contribution in [-0.2, 0) is 6.42 Å². The van der Waals surface area contributed by atoms with Crippen LogP contribution < -0.4 is 14.2 Å². The van der Waals surface area contributed by atoms with Crippen molar-refractivity contribution in [3.05, 3.63) is 42.4 Å². The van der Waals surface area contributed by atoms with E-state index in [1.54, 1.807) is 19.5 Å². The fraction of sp³-hybridized carbons (Fsp3) is 0.333. The third-order valence-corrected chi connectivity index (χ3v) is 3.20. The highest BCUT2D eigenvalue weighted by atomic mass is 16.6. The lowest BCUT2D eigenvalue weighted by atomic mass is 10.1. The number of methoxy groups -OCH3 is 1. The summed E-state index contributed by atoms with van der Waals surface area (Å²) >= 11 is 0. The summed E-state index contributed by atoms with van der Waals surface area (Å²) in [5.74, 6) is 2.18. The molecule has 1 aliphatic rings. The molecule has 0 fully saturated rings. The maximum absolute atomic E-state index is 5.91. The highest BCUT2D eigenvalue weighted by Gasteiger charge is 2.21. The van der Waals surface area contributed by atoms with Gasteiger partial charge in [-0.25, -0.2) is 4.98 Å². The fourth-order valence-corrected chi connectivity index (χ4v) is 2.20. The molecule has 0 saturated carbocycles. The first-order valence-corrected chi connectivity index (χ1v) is 6.59. The van der Waals surface area contributed by atoms with Crippen molar-refractivity contribution in [3.63, 3.8) is 0 Å². The van der Waals surface area contributed by atoms with Crippen LogP contribution in [0.2, 0.25) is 0 Å².